The van der Waals surface area contributed by atoms with E-state index in [2.05, 4.69) is 10.0 Å². The third-order valence-corrected chi connectivity index (χ3v) is 7.52. The summed E-state index contributed by atoms with van der Waals surface area (Å²) in [4.78, 5) is 12.8. The zero-order chi connectivity index (χ0) is 24.2. The summed E-state index contributed by atoms with van der Waals surface area (Å²) in [7, 11) is -7.59. The van der Waals surface area contributed by atoms with Gasteiger partial charge in [0.2, 0.25) is 15.9 Å². The van der Waals surface area contributed by atoms with Crippen molar-refractivity contribution in [2.24, 2.45) is 0 Å². The molecular formula is C22H22ClN3O5S2. The standard InChI is InChI=1S/C22H22ClN3O5S2/c1-16(26(32(2,28)29)20-12-8-17(23)9-13-20)22(27)24-18-10-14-21(15-11-18)33(30,31)25-19-6-4-3-5-7-19/h3-16,25H,1-2H3,(H,24,27)/t16-/m1/s1. The summed E-state index contributed by atoms with van der Waals surface area (Å²) in [5.41, 5.74) is 1.03. The van der Waals surface area contributed by atoms with Crippen molar-refractivity contribution >= 4 is 54.6 Å². The van der Waals surface area contributed by atoms with Crippen LogP contribution >= 0.6 is 11.6 Å². The lowest BCUT2D eigenvalue weighted by Crippen LogP contribution is -2.45. The Morgan fingerprint density at radius 2 is 1.42 bits per heavy atom. The molecule has 3 aromatic rings. The number of nitrogens with one attached hydrogen (secondary N) is 2. The van der Waals surface area contributed by atoms with Crippen LogP contribution in [0.5, 0.6) is 0 Å². The lowest BCUT2D eigenvalue weighted by molar-refractivity contribution is -0.116. The van der Waals surface area contributed by atoms with Gasteiger partial charge in [-0.1, -0.05) is 29.8 Å². The molecule has 0 spiro atoms. The molecule has 0 radical (unpaired) electrons. The van der Waals surface area contributed by atoms with Crippen LogP contribution in [0.15, 0.2) is 83.8 Å². The van der Waals surface area contributed by atoms with E-state index in [4.69, 9.17) is 11.6 Å². The molecular weight excluding hydrogens is 486 g/mol. The highest BCUT2D eigenvalue weighted by Gasteiger charge is 2.29. The minimum absolute atomic E-state index is 0.0105. The summed E-state index contributed by atoms with van der Waals surface area (Å²) >= 11 is 5.88. The molecule has 0 fully saturated rings. The van der Waals surface area contributed by atoms with Gasteiger partial charge in [-0.05, 0) is 67.6 Å². The van der Waals surface area contributed by atoms with Crippen LogP contribution in [-0.2, 0) is 24.8 Å². The number of carbonyl (C=O) groups excluding carboxylic acids is 1. The number of halogens is 1. The van der Waals surface area contributed by atoms with Crippen molar-refractivity contribution < 1.29 is 21.6 Å². The lowest BCUT2D eigenvalue weighted by atomic mass is 10.2. The summed E-state index contributed by atoms with van der Waals surface area (Å²) in [6.07, 6.45) is 1.00. The summed E-state index contributed by atoms with van der Waals surface area (Å²) in [6, 6.07) is 19.0. The number of rotatable bonds is 8. The maximum atomic E-state index is 12.8. The van der Waals surface area contributed by atoms with Crippen LogP contribution in [0.4, 0.5) is 17.1 Å². The number of para-hydroxylation sites is 1. The fraction of sp³-hybridized carbons (Fsp3) is 0.136. The first-order valence-corrected chi connectivity index (χ1v) is 13.4. The van der Waals surface area contributed by atoms with Crippen LogP contribution in [0, 0.1) is 0 Å². The molecule has 0 unspecified atom stereocenters. The molecule has 0 aliphatic rings. The van der Waals surface area contributed by atoms with Gasteiger partial charge < -0.3 is 5.32 Å². The van der Waals surface area contributed by atoms with Crippen LogP contribution in [0.3, 0.4) is 0 Å². The quantitative estimate of drug-likeness (QED) is 0.479. The monoisotopic (exact) mass is 507 g/mol. The number of hydrogen-bond donors (Lipinski definition) is 2. The Hall–Kier alpha value is -3.08. The van der Waals surface area contributed by atoms with E-state index in [1.54, 1.807) is 30.3 Å². The highest BCUT2D eigenvalue weighted by Crippen LogP contribution is 2.24. The first kappa shape index (κ1) is 24.6. The second-order valence-corrected chi connectivity index (χ2v) is 11.2. The van der Waals surface area contributed by atoms with E-state index < -0.39 is 32.0 Å². The zero-order valence-electron chi connectivity index (χ0n) is 17.8. The first-order chi connectivity index (χ1) is 15.5. The number of benzene rings is 3. The Morgan fingerprint density at radius 3 is 1.97 bits per heavy atom. The highest BCUT2D eigenvalue weighted by molar-refractivity contribution is 7.92. The van der Waals surface area contributed by atoms with E-state index >= 15 is 0 Å². The Bertz CT molecular complexity index is 1330. The molecule has 0 aliphatic carbocycles. The molecule has 0 aromatic heterocycles. The topological polar surface area (TPSA) is 113 Å². The van der Waals surface area contributed by atoms with Crippen molar-refractivity contribution in [3.05, 3.63) is 83.9 Å². The third-order valence-electron chi connectivity index (χ3n) is 4.63. The normalized spacial score (nSPS) is 12.6. The van der Waals surface area contributed by atoms with Gasteiger partial charge in [-0.15, -0.1) is 0 Å². The summed E-state index contributed by atoms with van der Waals surface area (Å²) < 4.78 is 53.3. The molecule has 1 atom stereocenters. The Morgan fingerprint density at radius 1 is 0.848 bits per heavy atom. The van der Waals surface area contributed by atoms with E-state index in [-0.39, 0.29) is 10.6 Å². The Balaban J connectivity index is 1.76. The minimum Gasteiger partial charge on any atom is -0.324 e. The van der Waals surface area contributed by atoms with Crippen molar-refractivity contribution in [2.75, 3.05) is 20.6 Å². The second kappa shape index (κ2) is 9.82. The molecule has 0 bridgehead atoms. The first-order valence-electron chi connectivity index (χ1n) is 9.71. The molecule has 33 heavy (non-hydrogen) atoms. The predicted octanol–water partition coefficient (Wildman–Crippen LogP) is 3.93. The summed E-state index contributed by atoms with van der Waals surface area (Å²) in [5, 5.41) is 3.05. The Kier molecular flexibility index (Phi) is 7.31. The smallest absolute Gasteiger partial charge is 0.261 e. The number of hydrogen-bond acceptors (Lipinski definition) is 5. The summed E-state index contributed by atoms with van der Waals surface area (Å²) in [6.45, 7) is 1.45. The van der Waals surface area contributed by atoms with Gasteiger partial charge in [0, 0.05) is 16.4 Å². The van der Waals surface area contributed by atoms with Crippen molar-refractivity contribution in [3.63, 3.8) is 0 Å². The zero-order valence-corrected chi connectivity index (χ0v) is 20.2. The van der Waals surface area contributed by atoms with Crippen molar-refractivity contribution in [2.45, 2.75) is 17.9 Å². The molecule has 0 saturated heterocycles. The minimum atomic E-state index is -3.81. The number of anilines is 3. The number of amides is 1. The highest BCUT2D eigenvalue weighted by atomic mass is 35.5. The van der Waals surface area contributed by atoms with Gasteiger partial charge in [0.1, 0.15) is 6.04 Å². The Labute approximate surface area is 198 Å². The van der Waals surface area contributed by atoms with Crippen LogP contribution in [0.1, 0.15) is 6.92 Å². The molecule has 0 heterocycles. The fourth-order valence-electron chi connectivity index (χ4n) is 3.08. The molecule has 174 valence electrons. The molecule has 0 aliphatic heterocycles. The van der Waals surface area contributed by atoms with Gasteiger partial charge in [-0.25, -0.2) is 16.8 Å². The molecule has 3 aromatic carbocycles. The maximum Gasteiger partial charge on any atom is 0.261 e. The van der Waals surface area contributed by atoms with Gasteiger partial charge in [0.05, 0.1) is 16.8 Å². The van der Waals surface area contributed by atoms with Crippen LogP contribution in [0.2, 0.25) is 5.02 Å². The lowest BCUT2D eigenvalue weighted by Gasteiger charge is -2.28. The largest absolute Gasteiger partial charge is 0.324 e. The van der Waals surface area contributed by atoms with Gasteiger partial charge in [-0.3, -0.25) is 13.8 Å². The molecule has 0 saturated carbocycles. The van der Waals surface area contributed by atoms with E-state index in [9.17, 15) is 21.6 Å². The predicted molar refractivity (Wildman–Crippen MR) is 131 cm³/mol. The van der Waals surface area contributed by atoms with Crippen molar-refractivity contribution in [1.82, 2.24) is 0 Å². The average Bonchev–Trinajstić information content (AvgIpc) is 2.75. The molecule has 11 heteroatoms. The molecule has 1 amide bonds. The number of sulfonamides is 2. The van der Waals surface area contributed by atoms with Gasteiger partial charge >= 0.3 is 0 Å². The molecule has 2 N–H and O–H groups in total. The van der Waals surface area contributed by atoms with Gasteiger partial charge in [0.15, 0.2) is 0 Å². The second-order valence-electron chi connectivity index (χ2n) is 7.20. The van der Waals surface area contributed by atoms with Crippen molar-refractivity contribution in [3.8, 4) is 0 Å². The van der Waals surface area contributed by atoms with E-state index in [1.807, 2.05) is 0 Å². The summed E-state index contributed by atoms with van der Waals surface area (Å²) in [5.74, 6) is -0.589. The van der Waals surface area contributed by atoms with E-state index in [1.165, 1.54) is 55.5 Å². The van der Waals surface area contributed by atoms with Gasteiger partial charge in [0.25, 0.3) is 10.0 Å². The number of nitrogens with zero attached hydrogens (tertiary/aromatic N) is 1. The van der Waals surface area contributed by atoms with E-state index in [0.717, 1.165) is 10.6 Å². The number of carbonyl (C=O) groups is 1. The molecule has 8 nitrogen and oxygen atoms in total. The average molecular weight is 508 g/mol. The van der Waals surface area contributed by atoms with Gasteiger partial charge in [-0.2, -0.15) is 0 Å². The molecule has 3 rings (SSSR count). The van der Waals surface area contributed by atoms with Crippen LogP contribution in [-0.4, -0.2) is 35.0 Å². The third kappa shape index (κ3) is 6.25. The SMILES string of the molecule is C[C@H](C(=O)Nc1ccc(S(=O)(=O)Nc2ccccc2)cc1)N(c1ccc(Cl)cc1)S(C)(=O)=O. The van der Waals surface area contributed by atoms with Crippen LogP contribution < -0.4 is 14.3 Å². The fourth-order valence-corrected chi connectivity index (χ4v) is 5.44. The van der Waals surface area contributed by atoms with E-state index in [0.29, 0.717) is 16.4 Å². The maximum absolute atomic E-state index is 12.8. The van der Waals surface area contributed by atoms with Crippen LogP contribution in [0.25, 0.3) is 0 Å². The van der Waals surface area contributed by atoms with Crippen molar-refractivity contribution in [1.29, 1.82) is 0 Å².